The number of aliphatic hydroxyl groups excluding tert-OH is 1. The Morgan fingerprint density at radius 3 is 2.53 bits per heavy atom. The van der Waals surface area contributed by atoms with Gasteiger partial charge in [0.05, 0.1) is 12.4 Å². The van der Waals surface area contributed by atoms with Crippen LogP contribution in [0.2, 0.25) is 0 Å². The van der Waals surface area contributed by atoms with E-state index < -0.39 is 40.8 Å². The lowest BCUT2D eigenvalue weighted by Gasteiger charge is -2.22. The van der Waals surface area contributed by atoms with Crippen molar-refractivity contribution in [2.75, 3.05) is 18.9 Å². The number of alkyl halides is 3. The van der Waals surface area contributed by atoms with E-state index in [-0.39, 0.29) is 6.61 Å². The lowest BCUT2D eigenvalue weighted by molar-refractivity contribution is -0.134. The Morgan fingerprint density at radius 1 is 1.35 bits per heavy atom. The van der Waals surface area contributed by atoms with Crippen molar-refractivity contribution in [3.63, 3.8) is 0 Å². The molecule has 1 saturated heterocycles. The van der Waals surface area contributed by atoms with Crippen LogP contribution in [0.15, 0.2) is 0 Å². The number of nitrogens with zero attached hydrogens (tertiary/aromatic N) is 1. The van der Waals surface area contributed by atoms with Crippen molar-refractivity contribution in [2.45, 2.75) is 37.9 Å². The summed E-state index contributed by atoms with van der Waals surface area (Å²) in [5.74, 6) is -0.511. The SMILES string of the molecule is O=S(=O)(CCCC(F)(F)F)N1CCC[C@@H]1CO. The zero-order valence-electron chi connectivity index (χ0n) is 9.28. The Labute approximate surface area is 98.5 Å². The first-order chi connectivity index (χ1) is 7.76. The first-order valence-electron chi connectivity index (χ1n) is 5.43. The topological polar surface area (TPSA) is 57.6 Å². The molecule has 1 heterocycles. The van der Waals surface area contributed by atoms with E-state index >= 15 is 0 Å². The fourth-order valence-electron chi connectivity index (χ4n) is 1.93. The Morgan fingerprint density at radius 2 is 2.00 bits per heavy atom. The fourth-order valence-corrected chi connectivity index (χ4v) is 3.71. The summed E-state index contributed by atoms with van der Waals surface area (Å²) in [7, 11) is -3.67. The molecule has 1 N–H and O–H groups in total. The normalized spacial score (nSPS) is 23.2. The molecular formula is C9H16F3NO3S. The second-order valence-electron chi connectivity index (χ2n) is 4.12. The number of hydrogen-bond donors (Lipinski definition) is 1. The van der Waals surface area contributed by atoms with Gasteiger partial charge in [-0.15, -0.1) is 0 Å². The van der Waals surface area contributed by atoms with Gasteiger partial charge in [-0.3, -0.25) is 0 Å². The molecule has 0 unspecified atom stereocenters. The van der Waals surface area contributed by atoms with Crippen LogP contribution in [0.3, 0.4) is 0 Å². The minimum Gasteiger partial charge on any atom is -0.395 e. The molecule has 0 amide bonds. The number of sulfonamides is 1. The summed E-state index contributed by atoms with van der Waals surface area (Å²) in [6.07, 6.45) is -4.64. The largest absolute Gasteiger partial charge is 0.395 e. The van der Waals surface area contributed by atoms with Gasteiger partial charge in [0.2, 0.25) is 10.0 Å². The van der Waals surface area contributed by atoms with Crippen LogP contribution < -0.4 is 0 Å². The van der Waals surface area contributed by atoms with Crippen LogP contribution in [0.25, 0.3) is 0 Å². The third kappa shape index (κ3) is 4.44. The molecule has 0 spiro atoms. The van der Waals surface area contributed by atoms with Crippen molar-refractivity contribution >= 4 is 10.0 Å². The molecular weight excluding hydrogens is 259 g/mol. The molecule has 8 heteroatoms. The molecule has 0 aromatic heterocycles. The van der Waals surface area contributed by atoms with Crippen molar-refractivity contribution in [2.24, 2.45) is 0 Å². The molecule has 0 radical (unpaired) electrons. The van der Waals surface area contributed by atoms with Crippen LogP contribution in [-0.4, -0.2) is 49.0 Å². The van der Waals surface area contributed by atoms with Gasteiger partial charge in [0.25, 0.3) is 0 Å². The number of hydrogen-bond acceptors (Lipinski definition) is 3. The summed E-state index contributed by atoms with van der Waals surface area (Å²) < 4.78 is 60.3. The van der Waals surface area contributed by atoms with Gasteiger partial charge >= 0.3 is 6.18 Å². The molecule has 0 bridgehead atoms. The maximum Gasteiger partial charge on any atom is 0.389 e. The average molecular weight is 275 g/mol. The number of halogens is 3. The lowest BCUT2D eigenvalue weighted by Crippen LogP contribution is -2.39. The maximum absolute atomic E-state index is 11.9. The third-order valence-corrected chi connectivity index (χ3v) is 4.75. The molecule has 102 valence electrons. The number of aliphatic hydroxyl groups is 1. The van der Waals surface area contributed by atoms with Gasteiger partial charge in [-0.2, -0.15) is 17.5 Å². The van der Waals surface area contributed by atoms with Crippen LogP contribution in [0.1, 0.15) is 25.7 Å². The van der Waals surface area contributed by atoms with Crippen LogP contribution >= 0.6 is 0 Å². The molecule has 0 saturated carbocycles. The summed E-state index contributed by atoms with van der Waals surface area (Å²) in [4.78, 5) is 0. The van der Waals surface area contributed by atoms with Crippen molar-refractivity contribution < 1.29 is 26.7 Å². The van der Waals surface area contributed by atoms with E-state index in [1.54, 1.807) is 0 Å². The summed E-state index contributed by atoms with van der Waals surface area (Å²) >= 11 is 0. The number of rotatable bonds is 5. The molecule has 4 nitrogen and oxygen atoms in total. The lowest BCUT2D eigenvalue weighted by atomic mass is 10.2. The minimum absolute atomic E-state index is 0.279. The standard InChI is InChI=1S/C9H16F3NO3S/c10-9(11,12)4-2-6-17(15,16)13-5-1-3-8(13)7-14/h8,14H,1-7H2/t8-/m1/s1. The van der Waals surface area contributed by atoms with Gasteiger partial charge in [0, 0.05) is 19.0 Å². The van der Waals surface area contributed by atoms with E-state index in [9.17, 15) is 21.6 Å². The molecule has 0 aromatic carbocycles. The minimum atomic E-state index is -4.32. The first-order valence-corrected chi connectivity index (χ1v) is 7.04. The Kier molecular flexibility index (Phi) is 4.79. The molecule has 0 aromatic rings. The van der Waals surface area contributed by atoms with Gasteiger partial charge < -0.3 is 5.11 Å². The van der Waals surface area contributed by atoms with Gasteiger partial charge in [-0.25, -0.2) is 8.42 Å². The molecule has 1 fully saturated rings. The van der Waals surface area contributed by atoms with Crippen molar-refractivity contribution in [1.29, 1.82) is 0 Å². The molecule has 1 atom stereocenters. The van der Waals surface area contributed by atoms with Crippen molar-refractivity contribution in [1.82, 2.24) is 4.31 Å². The predicted molar refractivity (Wildman–Crippen MR) is 55.9 cm³/mol. The third-order valence-electron chi connectivity index (χ3n) is 2.75. The molecule has 1 aliphatic rings. The summed E-state index contributed by atoms with van der Waals surface area (Å²) in [6, 6.07) is -0.467. The average Bonchev–Trinajstić information content (AvgIpc) is 2.63. The Bertz CT molecular complexity index is 342. The van der Waals surface area contributed by atoms with Crippen LogP contribution in [-0.2, 0) is 10.0 Å². The molecule has 1 aliphatic heterocycles. The molecule has 0 aliphatic carbocycles. The second kappa shape index (κ2) is 5.53. The van der Waals surface area contributed by atoms with E-state index in [2.05, 4.69) is 0 Å². The van der Waals surface area contributed by atoms with Crippen LogP contribution in [0.4, 0.5) is 13.2 Å². The van der Waals surface area contributed by atoms with Crippen LogP contribution in [0.5, 0.6) is 0 Å². The second-order valence-corrected chi connectivity index (χ2v) is 6.17. The van der Waals surface area contributed by atoms with E-state index in [1.807, 2.05) is 0 Å². The summed E-state index contributed by atoms with van der Waals surface area (Å²) in [5, 5.41) is 8.97. The highest BCUT2D eigenvalue weighted by Crippen LogP contribution is 2.24. The summed E-state index contributed by atoms with van der Waals surface area (Å²) in [6.45, 7) is 0.0120. The quantitative estimate of drug-likeness (QED) is 0.818. The van der Waals surface area contributed by atoms with E-state index in [0.29, 0.717) is 19.4 Å². The smallest absolute Gasteiger partial charge is 0.389 e. The van der Waals surface area contributed by atoms with E-state index in [0.717, 1.165) is 4.31 Å². The highest BCUT2D eigenvalue weighted by atomic mass is 32.2. The highest BCUT2D eigenvalue weighted by Gasteiger charge is 2.34. The monoisotopic (exact) mass is 275 g/mol. The maximum atomic E-state index is 11.9. The van der Waals surface area contributed by atoms with Crippen molar-refractivity contribution in [3.05, 3.63) is 0 Å². The zero-order valence-corrected chi connectivity index (χ0v) is 10.1. The zero-order chi connectivity index (χ0) is 13.1. The predicted octanol–water partition coefficient (Wildman–Crippen LogP) is 1.12. The Balaban J connectivity index is 2.51. The van der Waals surface area contributed by atoms with Gasteiger partial charge in [-0.1, -0.05) is 0 Å². The van der Waals surface area contributed by atoms with Crippen LogP contribution in [0, 0.1) is 0 Å². The van der Waals surface area contributed by atoms with Gasteiger partial charge in [0.15, 0.2) is 0 Å². The Hall–Kier alpha value is -0.340. The fraction of sp³-hybridized carbons (Fsp3) is 1.00. The van der Waals surface area contributed by atoms with E-state index in [4.69, 9.17) is 5.11 Å². The molecule has 17 heavy (non-hydrogen) atoms. The first kappa shape index (κ1) is 14.7. The molecule has 1 rings (SSSR count). The van der Waals surface area contributed by atoms with E-state index in [1.165, 1.54) is 0 Å². The van der Waals surface area contributed by atoms with Crippen molar-refractivity contribution in [3.8, 4) is 0 Å². The van der Waals surface area contributed by atoms with Gasteiger partial charge in [0.1, 0.15) is 0 Å². The van der Waals surface area contributed by atoms with Gasteiger partial charge in [-0.05, 0) is 19.3 Å². The summed E-state index contributed by atoms with van der Waals surface area (Å²) in [5.41, 5.74) is 0. The highest BCUT2D eigenvalue weighted by molar-refractivity contribution is 7.89.